The molecule has 0 aliphatic carbocycles. The highest BCUT2D eigenvalue weighted by Gasteiger charge is 2.27. The van der Waals surface area contributed by atoms with Crippen molar-refractivity contribution in [3.8, 4) is 0 Å². The summed E-state index contributed by atoms with van der Waals surface area (Å²) in [5.74, 6) is 0.519. The number of carbonyl (C=O) groups is 1. The minimum absolute atomic E-state index is 0.107. The van der Waals surface area contributed by atoms with Crippen LogP contribution >= 0.6 is 0 Å². The Labute approximate surface area is 115 Å². The van der Waals surface area contributed by atoms with Crippen LogP contribution in [0.4, 0.5) is 5.69 Å². The van der Waals surface area contributed by atoms with Crippen LogP contribution in [0.2, 0.25) is 0 Å². The van der Waals surface area contributed by atoms with Gasteiger partial charge in [0.25, 0.3) is 0 Å². The predicted molar refractivity (Wildman–Crippen MR) is 76.8 cm³/mol. The first-order valence-electron chi connectivity index (χ1n) is 6.41. The Hall–Kier alpha value is -1.49. The van der Waals surface area contributed by atoms with E-state index >= 15 is 0 Å². The van der Waals surface area contributed by atoms with Crippen LogP contribution in [0.3, 0.4) is 0 Å². The smallest absolute Gasteiger partial charge is 0.241 e. The monoisotopic (exact) mass is 264 g/mol. The highest BCUT2D eigenvalue weighted by atomic mass is 16.2. The van der Waals surface area contributed by atoms with Crippen molar-refractivity contribution >= 4 is 11.6 Å². The summed E-state index contributed by atoms with van der Waals surface area (Å²) in [5.41, 5.74) is 6.07. The average Bonchev–Trinajstić information content (AvgIpc) is 2.26. The third-order valence-electron chi connectivity index (χ3n) is 2.81. The Morgan fingerprint density at radius 3 is 2.00 bits per heavy atom. The minimum Gasteiger partial charge on any atom is -0.322 e. The summed E-state index contributed by atoms with van der Waals surface area (Å²) in [6.45, 7) is 11.9. The van der Waals surface area contributed by atoms with Crippen molar-refractivity contribution in [2.45, 2.75) is 53.0 Å². The lowest BCUT2D eigenvalue weighted by molar-refractivity contribution is -0.119. The first kappa shape index (κ1) is 15.6. The molecule has 1 rings (SSSR count). The molecule has 0 aliphatic heterocycles. The molecule has 106 valence electrons. The van der Waals surface area contributed by atoms with Crippen LogP contribution in [0.25, 0.3) is 0 Å². The molecular weight excluding hydrogens is 240 g/mol. The number of rotatable bonds is 2. The second-order valence-corrected chi connectivity index (χ2v) is 6.88. The van der Waals surface area contributed by atoms with Crippen LogP contribution in [0.15, 0.2) is 12.4 Å². The van der Waals surface area contributed by atoms with Crippen molar-refractivity contribution in [3.63, 3.8) is 0 Å². The van der Waals surface area contributed by atoms with Gasteiger partial charge in [-0.25, -0.2) is 9.97 Å². The van der Waals surface area contributed by atoms with Gasteiger partial charge in [0.2, 0.25) is 5.91 Å². The van der Waals surface area contributed by atoms with Gasteiger partial charge in [-0.3, -0.25) is 4.79 Å². The lowest BCUT2D eigenvalue weighted by Crippen LogP contribution is -2.45. The molecule has 0 radical (unpaired) electrons. The Morgan fingerprint density at radius 1 is 1.16 bits per heavy atom. The number of nitrogens with zero attached hydrogens (tertiary/aromatic N) is 2. The van der Waals surface area contributed by atoms with Crippen molar-refractivity contribution < 1.29 is 4.79 Å². The molecule has 0 fully saturated rings. The first-order valence-corrected chi connectivity index (χ1v) is 6.41. The number of anilines is 1. The van der Waals surface area contributed by atoms with Gasteiger partial charge in [0.1, 0.15) is 5.82 Å². The number of nitrogens with one attached hydrogen (secondary N) is 1. The molecule has 0 aliphatic rings. The second-order valence-electron chi connectivity index (χ2n) is 6.88. The van der Waals surface area contributed by atoms with E-state index in [0.717, 1.165) is 5.82 Å². The van der Waals surface area contributed by atoms with Crippen molar-refractivity contribution in [2.75, 3.05) is 5.32 Å². The lowest BCUT2D eigenvalue weighted by Gasteiger charge is -2.25. The fourth-order valence-electron chi connectivity index (χ4n) is 1.39. The SMILES string of the molecule is CC(C)(C)c1ncc(NC(=O)[C@@H](N)C(C)(C)C)cn1. The number of hydrogen-bond donors (Lipinski definition) is 2. The van der Waals surface area contributed by atoms with Gasteiger partial charge in [0.05, 0.1) is 24.1 Å². The molecular formula is C14H24N4O. The molecule has 1 aromatic rings. The lowest BCUT2D eigenvalue weighted by atomic mass is 9.87. The average molecular weight is 264 g/mol. The van der Waals surface area contributed by atoms with Crippen molar-refractivity contribution in [2.24, 2.45) is 11.1 Å². The van der Waals surface area contributed by atoms with Gasteiger partial charge in [0, 0.05) is 5.41 Å². The number of aromatic nitrogens is 2. The summed E-state index contributed by atoms with van der Waals surface area (Å²) >= 11 is 0. The first-order chi connectivity index (χ1) is 8.51. The van der Waals surface area contributed by atoms with Gasteiger partial charge in [0.15, 0.2) is 0 Å². The van der Waals surface area contributed by atoms with E-state index in [0.29, 0.717) is 5.69 Å². The number of carbonyl (C=O) groups excluding carboxylic acids is 1. The molecule has 1 amide bonds. The molecule has 1 atom stereocenters. The molecule has 0 bridgehead atoms. The molecule has 1 heterocycles. The molecule has 5 nitrogen and oxygen atoms in total. The van der Waals surface area contributed by atoms with Gasteiger partial charge in [-0.15, -0.1) is 0 Å². The van der Waals surface area contributed by atoms with Crippen LogP contribution in [0.5, 0.6) is 0 Å². The van der Waals surface area contributed by atoms with Gasteiger partial charge in [-0.2, -0.15) is 0 Å². The highest BCUT2D eigenvalue weighted by molar-refractivity contribution is 5.94. The Bertz CT molecular complexity index is 440. The van der Waals surface area contributed by atoms with Crippen molar-refractivity contribution in [1.82, 2.24) is 9.97 Å². The summed E-state index contributed by atoms with van der Waals surface area (Å²) in [5, 5.41) is 2.74. The topological polar surface area (TPSA) is 80.9 Å². The quantitative estimate of drug-likeness (QED) is 0.857. The minimum atomic E-state index is -0.574. The maximum Gasteiger partial charge on any atom is 0.241 e. The molecule has 0 spiro atoms. The van der Waals surface area contributed by atoms with Gasteiger partial charge < -0.3 is 11.1 Å². The van der Waals surface area contributed by atoms with E-state index in [2.05, 4.69) is 15.3 Å². The second kappa shape index (κ2) is 5.25. The summed E-state index contributed by atoms with van der Waals surface area (Å²) < 4.78 is 0. The molecule has 3 N–H and O–H groups in total. The largest absolute Gasteiger partial charge is 0.322 e. The van der Waals surface area contributed by atoms with E-state index in [1.807, 2.05) is 41.5 Å². The van der Waals surface area contributed by atoms with Crippen molar-refractivity contribution in [1.29, 1.82) is 0 Å². The number of hydrogen-bond acceptors (Lipinski definition) is 4. The van der Waals surface area contributed by atoms with Crippen LogP contribution < -0.4 is 11.1 Å². The van der Waals surface area contributed by atoms with E-state index in [1.165, 1.54) is 0 Å². The zero-order valence-corrected chi connectivity index (χ0v) is 12.6. The third-order valence-corrected chi connectivity index (χ3v) is 2.81. The normalized spacial score (nSPS) is 14.1. The Morgan fingerprint density at radius 2 is 1.63 bits per heavy atom. The molecule has 0 unspecified atom stereocenters. The number of amides is 1. The molecule has 0 aromatic carbocycles. The molecule has 19 heavy (non-hydrogen) atoms. The van der Waals surface area contributed by atoms with Gasteiger partial charge in [-0.1, -0.05) is 41.5 Å². The van der Waals surface area contributed by atoms with E-state index in [-0.39, 0.29) is 16.7 Å². The Kier molecular flexibility index (Phi) is 4.30. The summed E-state index contributed by atoms with van der Waals surface area (Å²) in [7, 11) is 0. The molecule has 0 saturated carbocycles. The van der Waals surface area contributed by atoms with Crippen LogP contribution in [-0.2, 0) is 10.2 Å². The third kappa shape index (κ3) is 4.28. The van der Waals surface area contributed by atoms with E-state index in [4.69, 9.17) is 5.73 Å². The van der Waals surface area contributed by atoms with E-state index in [9.17, 15) is 4.79 Å². The fourth-order valence-corrected chi connectivity index (χ4v) is 1.39. The van der Waals surface area contributed by atoms with E-state index < -0.39 is 6.04 Å². The molecule has 5 heteroatoms. The summed E-state index contributed by atoms with van der Waals surface area (Å²) in [6, 6.07) is -0.574. The van der Waals surface area contributed by atoms with Gasteiger partial charge >= 0.3 is 0 Å². The van der Waals surface area contributed by atoms with Crippen molar-refractivity contribution in [3.05, 3.63) is 18.2 Å². The predicted octanol–water partition coefficient (Wildman–Crippen LogP) is 2.09. The standard InChI is InChI=1S/C14H24N4O/c1-13(2,3)10(15)11(19)18-9-7-16-12(17-8-9)14(4,5)6/h7-8,10H,15H2,1-6H3,(H,18,19)/t10-/m1/s1. The Balaban J connectivity index is 2.77. The van der Waals surface area contributed by atoms with Crippen LogP contribution in [0, 0.1) is 5.41 Å². The molecule has 0 saturated heterocycles. The molecule has 1 aromatic heterocycles. The highest BCUT2D eigenvalue weighted by Crippen LogP contribution is 2.20. The zero-order chi connectivity index (χ0) is 14.8. The maximum atomic E-state index is 11.9. The summed E-state index contributed by atoms with van der Waals surface area (Å²) in [4.78, 5) is 20.5. The zero-order valence-electron chi connectivity index (χ0n) is 12.6. The van der Waals surface area contributed by atoms with E-state index in [1.54, 1.807) is 12.4 Å². The van der Waals surface area contributed by atoms with Crippen LogP contribution in [-0.4, -0.2) is 21.9 Å². The maximum absolute atomic E-state index is 11.9. The van der Waals surface area contributed by atoms with Crippen LogP contribution in [0.1, 0.15) is 47.4 Å². The summed E-state index contributed by atoms with van der Waals surface area (Å²) in [6.07, 6.45) is 3.22. The number of nitrogens with two attached hydrogens (primary N) is 1. The van der Waals surface area contributed by atoms with Gasteiger partial charge in [-0.05, 0) is 5.41 Å². The fraction of sp³-hybridized carbons (Fsp3) is 0.643.